The number of nitrogens with one attached hydrogen (secondary N) is 1. The van der Waals surface area contributed by atoms with Crippen LogP contribution in [0.25, 0.3) is 0 Å². The average molecular weight is 232 g/mol. The standard InChI is InChI=1S/C11H24N2O3/c12-6-4-2-1-3-5-11(15)13-7-9-16-10-8-14/h14H,1-10,12H2,(H,13,15). The largest absolute Gasteiger partial charge is 0.394 e. The first-order chi connectivity index (χ1) is 7.81. The lowest BCUT2D eigenvalue weighted by Gasteiger charge is -2.05. The molecular weight excluding hydrogens is 208 g/mol. The van der Waals surface area contributed by atoms with Crippen LogP contribution in [0.4, 0.5) is 0 Å². The maximum atomic E-state index is 11.3. The van der Waals surface area contributed by atoms with Crippen molar-refractivity contribution in [2.75, 3.05) is 32.9 Å². The van der Waals surface area contributed by atoms with Crippen molar-refractivity contribution in [1.29, 1.82) is 0 Å². The number of aliphatic hydroxyl groups excluding tert-OH is 1. The third-order valence-electron chi connectivity index (χ3n) is 2.16. The Morgan fingerprint density at radius 1 is 1.19 bits per heavy atom. The molecule has 0 bridgehead atoms. The van der Waals surface area contributed by atoms with Crippen molar-refractivity contribution >= 4 is 5.91 Å². The predicted octanol–water partition coefficient (Wildman–Crippen LogP) is 0.0207. The van der Waals surface area contributed by atoms with Crippen LogP contribution >= 0.6 is 0 Å². The van der Waals surface area contributed by atoms with Crippen LogP contribution in [0.1, 0.15) is 32.1 Å². The molecule has 0 heterocycles. The molecule has 16 heavy (non-hydrogen) atoms. The Hall–Kier alpha value is -0.650. The Labute approximate surface area is 97.3 Å². The van der Waals surface area contributed by atoms with E-state index in [0.717, 1.165) is 32.2 Å². The normalized spacial score (nSPS) is 10.4. The van der Waals surface area contributed by atoms with Gasteiger partial charge in [-0.15, -0.1) is 0 Å². The lowest BCUT2D eigenvalue weighted by Crippen LogP contribution is -2.27. The number of carbonyl (C=O) groups excluding carboxylic acids is 1. The Morgan fingerprint density at radius 3 is 2.62 bits per heavy atom. The van der Waals surface area contributed by atoms with Crippen molar-refractivity contribution in [2.24, 2.45) is 5.73 Å². The van der Waals surface area contributed by atoms with E-state index in [1.807, 2.05) is 0 Å². The molecule has 1 amide bonds. The van der Waals surface area contributed by atoms with Crippen LogP contribution in [0.15, 0.2) is 0 Å². The van der Waals surface area contributed by atoms with Gasteiger partial charge in [0.25, 0.3) is 0 Å². The van der Waals surface area contributed by atoms with Gasteiger partial charge in [-0.1, -0.05) is 12.8 Å². The molecule has 0 radical (unpaired) electrons. The highest BCUT2D eigenvalue weighted by Crippen LogP contribution is 2.01. The lowest BCUT2D eigenvalue weighted by atomic mass is 10.1. The maximum absolute atomic E-state index is 11.3. The zero-order valence-electron chi connectivity index (χ0n) is 9.91. The molecule has 0 unspecified atom stereocenters. The molecule has 5 heteroatoms. The summed E-state index contributed by atoms with van der Waals surface area (Å²) < 4.78 is 5.01. The number of aliphatic hydroxyl groups is 1. The number of hydrogen-bond acceptors (Lipinski definition) is 4. The van der Waals surface area contributed by atoms with E-state index in [1.165, 1.54) is 0 Å². The molecule has 0 saturated carbocycles. The number of ether oxygens (including phenoxy) is 1. The van der Waals surface area contributed by atoms with Crippen LogP contribution in [0.3, 0.4) is 0 Å². The molecule has 96 valence electrons. The summed E-state index contributed by atoms with van der Waals surface area (Å²) in [4.78, 5) is 11.3. The molecular formula is C11H24N2O3. The summed E-state index contributed by atoms with van der Waals surface area (Å²) in [7, 11) is 0. The number of hydrogen-bond donors (Lipinski definition) is 3. The molecule has 0 atom stereocenters. The predicted molar refractivity (Wildman–Crippen MR) is 63.1 cm³/mol. The summed E-state index contributed by atoms with van der Waals surface area (Å²) in [5, 5.41) is 11.2. The second-order valence-electron chi connectivity index (χ2n) is 3.64. The molecule has 0 aromatic rings. The second-order valence-corrected chi connectivity index (χ2v) is 3.64. The van der Waals surface area contributed by atoms with E-state index in [0.29, 0.717) is 26.2 Å². The first-order valence-corrected chi connectivity index (χ1v) is 5.96. The fraction of sp³-hybridized carbons (Fsp3) is 0.909. The minimum absolute atomic E-state index is 0.0229. The summed E-state index contributed by atoms with van der Waals surface area (Å²) in [5.74, 6) is 0.0698. The van der Waals surface area contributed by atoms with E-state index in [4.69, 9.17) is 15.6 Å². The number of unbranched alkanes of at least 4 members (excludes halogenated alkanes) is 3. The summed E-state index contributed by atoms with van der Waals surface area (Å²) >= 11 is 0. The molecule has 0 spiro atoms. The van der Waals surface area contributed by atoms with Gasteiger partial charge in [-0.05, 0) is 19.4 Å². The van der Waals surface area contributed by atoms with E-state index in [9.17, 15) is 4.79 Å². The van der Waals surface area contributed by atoms with Crippen molar-refractivity contribution in [1.82, 2.24) is 5.32 Å². The number of amides is 1. The first-order valence-electron chi connectivity index (χ1n) is 5.96. The van der Waals surface area contributed by atoms with E-state index in [-0.39, 0.29) is 12.5 Å². The van der Waals surface area contributed by atoms with Crippen LogP contribution in [0.2, 0.25) is 0 Å². The third kappa shape index (κ3) is 11.4. The number of carbonyl (C=O) groups is 1. The van der Waals surface area contributed by atoms with Gasteiger partial charge in [-0.2, -0.15) is 0 Å². The van der Waals surface area contributed by atoms with Crippen molar-refractivity contribution in [3.05, 3.63) is 0 Å². The van der Waals surface area contributed by atoms with Gasteiger partial charge in [0.05, 0.1) is 19.8 Å². The molecule has 5 nitrogen and oxygen atoms in total. The SMILES string of the molecule is NCCCCCCC(=O)NCCOCCO. The number of nitrogens with two attached hydrogens (primary N) is 1. The van der Waals surface area contributed by atoms with Crippen LogP contribution in [-0.4, -0.2) is 43.9 Å². The van der Waals surface area contributed by atoms with Gasteiger partial charge in [0.2, 0.25) is 5.91 Å². The molecule has 0 fully saturated rings. The number of rotatable bonds is 11. The molecule has 0 aliphatic heterocycles. The minimum atomic E-state index is 0.0229. The van der Waals surface area contributed by atoms with Crippen LogP contribution in [-0.2, 0) is 9.53 Å². The van der Waals surface area contributed by atoms with Gasteiger partial charge in [0.1, 0.15) is 0 Å². The summed E-state index contributed by atoms with van der Waals surface area (Å²) in [5.41, 5.74) is 5.37. The van der Waals surface area contributed by atoms with Gasteiger partial charge in [0, 0.05) is 13.0 Å². The molecule has 0 aromatic heterocycles. The van der Waals surface area contributed by atoms with E-state index in [2.05, 4.69) is 5.32 Å². The fourth-order valence-electron chi connectivity index (χ4n) is 1.30. The average Bonchev–Trinajstić information content (AvgIpc) is 2.28. The van der Waals surface area contributed by atoms with Crippen molar-refractivity contribution < 1.29 is 14.6 Å². The molecule has 0 aliphatic carbocycles. The van der Waals surface area contributed by atoms with Crippen molar-refractivity contribution in [2.45, 2.75) is 32.1 Å². The Kier molecular flexibility index (Phi) is 11.9. The van der Waals surface area contributed by atoms with Gasteiger partial charge in [-0.3, -0.25) is 4.79 Å². The van der Waals surface area contributed by atoms with Crippen molar-refractivity contribution in [3.8, 4) is 0 Å². The quantitative estimate of drug-likeness (QED) is 0.438. The minimum Gasteiger partial charge on any atom is -0.394 e. The van der Waals surface area contributed by atoms with E-state index < -0.39 is 0 Å². The second kappa shape index (κ2) is 12.4. The third-order valence-corrected chi connectivity index (χ3v) is 2.16. The summed E-state index contributed by atoms with van der Waals surface area (Å²) in [6.45, 7) is 2.06. The van der Waals surface area contributed by atoms with Gasteiger partial charge in [0.15, 0.2) is 0 Å². The zero-order valence-corrected chi connectivity index (χ0v) is 9.91. The van der Waals surface area contributed by atoms with Gasteiger partial charge >= 0.3 is 0 Å². The fourth-order valence-corrected chi connectivity index (χ4v) is 1.30. The molecule has 4 N–H and O–H groups in total. The maximum Gasteiger partial charge on any atom is 0.220 e. The molecule has 0 aromatic carbocycles. The Balaban J connectivity index is 3.12. The van der Waals surface area contributed by atoms with Crippen molar-refractivity contribution in [3.63, 3.8) is 0 Å². The molecule has 0 aliphatic rings. The molecule has 0 rings (SSSR count). The summed E-state index contributed by atoms with van der Waals surface area (Å²) in [6.07, 6.45) is 4.69. The Morgan fingerprint density at radius 2 is 1.94 bits per heavy atom. The van der Waals surface area contributed by atoms with Crippen LogP contribution < -0.4 is 11.1 Å². The smallest absolute Gasteiger partial charge is 0.220 e. The lowest BCUT2D eigenvalue weighted by molar-refractivity contribution is -0.121. The molecule has 0 saturated heterocycles. The monoisotopic (exact) mass is 232 g/mol. The van der Waals surface area contributed by atoms with Gasteiger partial charge < -0.3 is 20.9 Å². The van der Waals surface area contributed by atoms with Crippen LogP contribution in [0.5, 0.6) is 0 Å². The van der Waals surface area contributed by atoms with Gasteiger partial charge in [-0.25, -0.2) is 0 Å². The van der Waals surface area contributed by atoms with Crippen LogP contribution in [0, 0.1) is 0 Å². The topological polar surface area (TPSA) is 84.6 Å². The van der Waals surface area contributed by atoms with E-state index >= 15 is 0 Å². The zero-order chi connectivity index (χ0) is 12.1. The highest BCUT2D eigenvalue weighted by atomic mass is 16.5. The Bertz CT molecular complexity index is 149. The van der Waals surface area contributed by atoms with E-state index in [1.54, 1.807) is 0 Å². The first kappa shape index (κ1) is 15.3. The highest BCUT2D eigenvalue weighted by molar-refractivity contribution is 5.75. The highest BCUT2D eigenvalue weighted by Gasteiger charge is 1.99. The summed E-state index contributed by atoms with van der Waals surface area (Å²) in [6, 6.07) is 0.